The summed E-state index contributed by atoms with van der Waals surface area (Å²) in [6, 6.07) is 8.40. The van der Waals surface area contributed by atoms with Crippen molar-refractivity contribution in [3.63, 3.8) is 0 Å². The van der Waals surface area contributed by atoms with Gasteiger partial charge in [0.1, 0.15) is 0 Å². The summed E-state index contributed by atoms with van der Waals surface area (Å²) < 4.78 is 10.8. The lowest BCUT2D eigenvalue weighted by Crippen LogP contribution is -1.95. The highest BCUT2D eigenvalue weighted by Crippen LogP contribution is 2.07. The summed E-state index contributed by atoms with van der Waals surface area (Å²) in [5.74, 6) is 0. The van der Waals surface area contributed by atoms with Crippen molar-refractivity contribution in [3.05, 3.63) is 35.4 Å². The molecule has 0 fully saturated rings. The highest BCUT2D eigenvalue weighted by molar-refractivity contribution is 5.21. The van der Waals surface area contributed by atoms with Crippen molar-refractivity contribution >= 4 is 0 Å². The average molecular weight is 208 g/mol. The van der Waals surface area contributed by atoms with Crippen LogP contribution in [0.4, 0.5) is 0 Å². The molecule has 0 aromatic heterocycles. The van der Waals surface area contributed by atoms with Gasteiger partial charge in [-0.3, -0.25) is 0 Å². The molecule has 0 amide bonds. The maximum Gasteiger partial charge on any atom is 0.0716 e. The Balaban J connectivity index is 2.35. The molecule has 84 valence electrons. The van der Waals surface area contributed by atoms with Crippen LogP contribution in [0.5, 0.6) is 0 Å². The zero-order valence-corrected chi connectivity index (χ0v) is 9.66. The van der Waals surface area contributed by atoms with Gasteiger partial charge < -0.3 is 9.47 Å². The third-order valence-electron chi connectivity index (χ3n) is 2.11. The Morgan fingerprint density at radius 1 is 0.867 bits per heavy atom. The van der Waals surface area contributed by atoms with Crippen LogP contribution in [0.2, 0.25) is 0 Å². The van der Waals surface area contributed by atoms with Crippen LogP contribution in [-0.2, 0) is 22.7 Å². The van der Waals surface area contributed by atoms with Gasteiger partial charge in [0.05, 0.1) is 13.2 Å². The van der Waals surface area contributed by atoms with E-state index in [4.69, 9.17) is 9.47 Å². The first-order chi connectivity index (χ1) is 7.36. The molecule has 0 aliphatic rings. The molecule has 2 nitrogen and oxygen atoms in total. The van der Waals surface area contributed by atoms with Gasteiger partial charge in [0.2, 0.25) is 0 Å². The fraction of sp³-hybridized carbons (Fsp3) is 0.538. The summed E-state index contributed by atoms with van der Waals surface area (Å²) in [5.41, 5.74) is 2.44. The number of hydrogen-bond acceptors (Lipinski definition) is 2. The highest BCUT2D eigenvalue weighted by Gasteiger charge is 1.95. The van der Waals surface area contributed by atoms with E-state index >= 15 is 0 Å². The molecule has 0 bridgehead atoms. The molecule has 0 aliphatic heterocycles. The lowest BCUT2D eigenvalue weighted by Gasteiger charge is -2.05. The third-order valence-corrected chi connectivity index (χ3v) is 2.11. The smallest absolute Gasteiger partial charge is 0.0716 e. The lowest BCUT2D eigenvalue weighted by atomic mass is 10.1. The van der Waals surface area contributed by atoms with Crippen molar-refractivity contribution < 1.29 is 9.47 Å². The Hall–Kier alpha value is -0.860. The summed E-state index contributed by atoms with van der Waals surface area (Å²) in [4.78, 5) is 0. The summed E-state index contributed by atoms with van der Waals surface area (Å²) in [7, 11) is 0. The maximum atomic E-state index is 5.46. The molecule has 0 atom stereocenters. The summed E-state index contributed by atoms with van der Waals surface area (Å²) in [6.45, 7) is 7.13. The minimum absolute atomic E-state index is 0.701. The molecule has 0 N–H and O–H groups in total. The van der Waals surface area contributed by atoms with Crippen molar-refractivity contribution in [2.45, 2.75) is 33.5 Å². The fourth-order valence-corrected chi connectivity index (χ4v) is 1.29. The molecule has 0 spiro atoms. The van der Waals surface area contributed by atoms with E-state index in [2.05, 4.69) is 31.2 Å². The van der Waals surface area contributed by atoms with Gasteiger partial charge in [0.25, 0.3) is 0 Å². The van der Waals surface area contributed by atoms with Gasteiger partial charge in [-0.1, -0.05) is 31.2 Å². The van der Waals surface area contributed by atoms with Crippen LogP contribution < -0.4 is 0 Å². The van der Waals surface area contributed by atoms with Gasteiger partial charge in [0, 0.05) is 13.2 Å². The molecule has 1 aromatic carbocycles. The Labute approximate surface area is 92.2 Å². The Morgan fingerprint density at radius 2 is 1.40 bits per heavy atom. The summed E-state index contributed by atoms with van der Waals surface area (Å²) in [6.07, 6.45) is 1.07. The number of hydrogen-bond donors (Lipinski definition) is 0. The number of ether oxygens (including phenoxy) is 2. The standard InChI is InChI=1S/C13H20O2/c1-3-9-15-11-13-7-5-12(6-8-13)10-14-4-2/h5-8H,3-4,9-11H2,1-2H3. The molecule has 15 heavy (non-hydrogen) atoms. The van der Waals surface area contributed by atoms with Gasteiger partial charge in [-0.05, 0) is 24.5 Å². The van der Waals surface area contributed by atoms with Gasteiger partial charge in [-0.25, -0.2) is 0 Å². The minimum Gasteiger partial charge on any atom is -0.377 e. The highest BCUT2D eigenvalue weighted by atomic mass is 16.5. The third kappa shape index (κ3) is 4.96. The quantitative estimate of drug-likeness (QED) is 0.641. The molecule has 0 unspecified atom stereocenters. The first kappa shape index (κ1) is 12.2. The van der Waals surface area contributed by atoms with E-state index in [9.17, 15) is 0 Å². The molecule has 0 radical (unpaired) electrons. The SMILES string of the molecule is CCCOCc1ccc(COCC)cc1. The second kappa shape index (κ2) is 7.43. The van der Waals surface area contributed by atoms with Crippen LogP contribution >= 0.6 is 0 Å². The van der Waals surface area contributed by atoms with Crippen LogP contribution in [-0.4, -0.2) is 13.2 Å². The van der Waals surface area contributed by atoms with Crippen molar-refractivity contribution in [2.24, 2.45) is 0 Å². The molecule has 1 rings (SSSR count). The van der Waals surface area contributed by atoms with E-state index in [0.29, 0.717) is 13.2 Å². The molecule has 0 aliphatic carbocycles. The Bertz CT molecular complexity index is 254. The van der Waals surface area contributed by atoms with E-state index in [0.717, 1.165) is 19.6 Å². The van der Waals surface area contributed by atoms with Gasteiger partial charge in [-0.15, -0.1) is 0 Å². The second-order valence-electron chi connectivity index (χ2n) is 3.51. The zero-order valence-electron chi connectivity index (χ0n) is 9.66. The fourth-order valence-electron chi connectivity index (χ4n) is 1.29. The monoisotopic (exact) mass is 208 g/mol. The summed E-state index contributed by atoms with van der Waals surface area (Å²) in [5, 5.41) is 0. The largest absolute Gasteiger partial charge is 0.377 e. The molecule has 2 heteroatoms. The zero-order chi connectivity index (χ0) is 10.9. The van der Waals surface area contributed by atoms with E-state index in [-0.39, 0.29) is 0 Å². The van der Waals surface area contributed by atoms with Gasteiger partial charge in [0.15, 0.2) is 0 Å². The van der Waals surface area contributed by atoms with Crippen molar-refractivity contribution in [1.29, 1.82) is 0 Å². The molecule has 0 heterocycles. The predicted octanol–water partition coefficient (Wildman–Crippen LogP) is 3.15. The van der Waals surface area contributed by atoms with Crippen molar-refractivity contribution in [3.8, 4) is 0 Å². The molecule has 0 saturated carbocycles. The average Bonchev–Trinajstić information content (AvgIpc) is 2.28. The van der Waals surface area contributed by atoms with Crippen LogP contribution in [0, 0.1) is 0 Å². The Kier molecular flexibility index (Phi) is 6.05. The molecule has 0 saturated heterocycles. The van der Waals surface area contributed by atoms with E-state index in [1.165, 1.54) is 11.1 Å². The first-order valence-corrected chi connectivity index (χ1v) is 5.60. The molecule has 1 aromatic rings. The first-order valence-electron chi connectivity index (χ1n) is 5.60. The second-order valence-corrected chi connectivity index (χ2v) is 3.51. The number of benzene rings is 1. The molecular formula is C13H20O2. The van der Waals surface area contributed by atoms with Crippen molar-refractivity contribution in [1.82, 2.24) is 0 Å². The number of rotatable bonds is 7. The van der Waals surface area contributed by atoms with Crippen LogP contribution in [0.25, 0.3) is 0 Å². The van der Waals surface area contributed by atoms with Gasteiger partial charge in [-0.2, -0.15) is 0 Å². The maximum absolute atomic E-state index is 5.46. The van der Waals surface area contributed by atoms with E-state index in [1.807, 2.05) is 6.92 Å². The predicted molar refractivity (Wildman–Crippen MR) is 61.7 cm³/mol. The van der Waals surface area contributed by atoms with Crippen molar-refractivity contribution in [2.75, 3.05) is 13.2 Å². The van der Waals surface area contributed by atoms with Crippen LogP contribution in [0.15, 0.2) is 24.3 Å². The normalized spacial score (nSPS) is 10.5. The Morgan fingerprint density at radius 3 is 1.87 bits per heavy atom. The summed E-state index contributed by atoms with van der Waals surface area (Å²) >= 11 is 0. The molecular weight excluding hydrogens is 188 g/mol. The van der Waals surface area contributed by atoms with Gasteiger partial charge >= 0.3 is 0 Å². The topological polar surface area (TPSA) is 18.5 Å². The van der Waals surface area contributed by atoms with E-state index < -0.39 is 0 Å². The minimum atomic E-state index is 0.701. The van der Waals surface area contributed by atoms with Crippen LogP contribution in [0.3, 0.4) is 0 Å². The van der Waals surface area contributed by atoms with Crippen LogP contribution in [0.1, 0.15) is 31.4 Å². The van der Waals surface area contributed by atoms with E-state index in [1.54, 1.807) is 0 Å². The lowest BCUT2D eigenvalue weighted by molar-refractivity contribution is 0.121.